The molecule has 0 radical (unpaired) electrons. The Kier molecular flexibility index (Phi) is 7.81. The van der Waals surface area contributed by atoms with Gasteiger partial charge in [-0.25, -0.2) is 19.0 Å². The molecule has 0 unspecified atom stereocenters. The van der Waals surface area contributed by atoms with E-state index in [4.69, 9.17) is 15.9 Å². The van der Waals surface area contributed by atoms with Gasteiger partial charge in [0.2, 0.25) is 0 Å². The fourth-order valence-electron chi connectivity index (χ4n) is 7.04. The first-order chi connectivity index (χ1) is 21.1. The molecule has 1 aliphatic carbocycles. The maximum atomic E-state index is 14.3. The number of nitrogen functional groups attached to an aromatic ring is 1. The Morgan fingerprint density at radius 2 is 1.74 bits per heavy atom. The highest BCUT2D eigenvalue weighted by Crippen LogP contribution is 2.38. The van der Waals surface area contributed by atoms with Crippen molar-refractivity contribution >= 4 is 27.8 Å². The summed E-state index contributed by atoms with van der Waals surface area (Å²) in [6, 6.07) is 16.1. The molecule has 7 rings (SSSR count). The molecule has 0 atom stereocenters. The summed E-state index contributed by atoms with van der Waals surface area (Å²) >= 11 is 0. The van der Waals surface area contributed by atoms with Gasteiger partial charge in [-0.05, 0) is 61.3 Å². The van der Waals surface area contributed by atoms with Gasteiger partial charge in [0.1, 0.15) is 23.7 Å². The number of H-pyrrole nitrogens is 1. The van der Waals surface area contributed by atoms with Crippen LogP contribution in [0.5, 0.6) is 0 Å². The van der Waals surface area contributed by atoms with Crippen LogP contribution in [0.4, 0.5) is 10.2 Å². The summed E-state index contributed by atoms with van der Waals surface area (Å²) in [6.45, 7) is 5.62. The van der Waals surface area contributed by atoms with Crippen molar-refractivity contribution in [2.45, 2.75) is 50.6 Å². The molecule has 1 saturated heterocycles. The lowest BCUT2D eigenvalue weighted by atomic mass is 9.90. The summed E-state index contributed by atoms with van der Waals surface area (Å²) in [5, 5.41) is 16.1. The van der Waals surface area contributed by atoms with E-state index in [0.717, 1.165) is 104 Å². The Morgan fingerprint density at radius 3 is 2.53 bits per heavy atom. The van der Waals surface area contributed by atoms with Crippen molar-refractivity contribution < 1.29 is 9.50 Å². The number of nitrogens with one attached hydrogen (secondary N) is 1. The number of aromatic nitrogens is 5. The number of benzene rings is 2. The van der Waals surface area contributed by atoms with Crippen LogP contribution < -0.4 is 5.73 Å². The second-order valence-electron chi connectivity index (χ2n) is 12.0. The van der Waals surface area contributed by atoms with E-state index in [0.29, 0.717) is 23.8 Å². The van der Waals surface area contributed by atoms with Crippen molar-refractivity contribution in [3.63, 3.8) is 0 Å². The van der Waals surface area contributed by atoms with Gasteiger partial charge in [0, 0.05) is 68.6 Å². The number of fused-ring (bicyclic) bond motifs is 2. The first-order valence-corrected chi connectivity index (χ1v) is 15.5. The average molecular weight is 583 g/mol. The molecule has 4 N–H and O–H groups in total. The van der Waals surface area contributed by atoms with E-state index < -0.39 is 0 Å². The largest absolute Gasteiger partial charge is 0.396 e. The Labute approximate surface area is 250 Å². The standard InChI is InChI=1S/C33H39FN8O/c34-28-5-2-1-4-22(28)18-25-19-23-6-7-24(20-29(23)38-25)31-30-32(35)36-21-37-33(30)42(39-31)27-10-8-26(9-11-27)41-15-13-40(14-16-41)12-3-17-43/h1-2,4-7,19-21,26-27,38,43H,3,8-18H2,(H2,35,36,37). The van der Waals surface area contributed by atoms with Crippen molar-refractivity contribution in [3.05, 3.63) is 71.9 Å². The van der Waals surface area contributed by atoms with E-state index in [-0.39, 0.29) is 18.5 Å². The maximum Gasteiger partial charge on any atom is 0.164 e. The fourth-order valence-corrected chi connectivity index (χ4v) is 7.04. The molecule has 2 aromatic carbocycles. The normalized spacial score (nSPS) is 20.3. The van der Waals surface area contributed by atoms with Crippen LogP contribution in [0.2, 0.25) is 0 Å². The molecule has 0 amide bonds. The number of hydrogen-bond acceptors (Lipinski definition) is 7. The number of halogens is 1. The number of piperazine rings is 1. The SMILES string of the molecule is Nc1ncnc2c1c(-c1ccc3cc(Cc4ccccc4F)[nH]c3c1)nn2C1CCC(N2CCN(CCCO)CC2)CC1. The van der Waals surface area contributed by atoms with Gasteiger partial charge in [0.05, 0.1) is 11.4 Å². The van der Waals surface area contributed by atoms with Gasteiger partial charge < -0.3 is 20.7 Å². The van der Waals surface area contributed by atoms with Gasteiger partial charge in [0.15, 0.2) is 5.65 Å². The van der Waals surface area contributed by atoms with Gasteiger partial charge >= 0.3 is 0 Å². The van der Waals surface area contributed by atoms with Gasteiger partial charge in [0.25, 0.3) is 0 Å². The lowest BCUT2D eigenvalue weighted by Gasteiger charge is -2.42. The molecule has 1 saturated carbocycles. The minimum atomic E-state index is -0.194. The van der Waals surface area contributed by atoms with Crippen LogP contribution in [0.15, 0.2) is 54.9 Å². The molecule has 43 heavy (non-hydrogen) atoms. The Bertz CT molecular complexity index is 1720. The first kappa shape index (κ1) is 27.9. The lowest BCUT2D eigenvalue weighted by molar-refractivity contribution is 0.0680. The van der Waals surface area contributed by atoms with Crippen molar-refractivity contribution in [2.24, 2.45) is 0 Å². The van der Waals surface area contributed by atoms with Gasteiger partial charge in [-0.1, -0.05) is 30.3 Å². The zero-order valence-corrected chi connectivity index (χ0v) is 24.4. The van der Waals surface area contributed by atoms with Crippen LogP contribution in [0.25, 0.3) is 33.2 Å². The molecular weight excluding hydrogens is 543 g/mol. The second-order valence-corrected chi connectivity index (χ2v) is 12.0. The van der Waals surface area contributed by atoms with E-state index in [1.165, 1.54) is 12.4 Å². The minimum absolute atomic E-state index is 0.194. The Hall–Kier alpha value is -3.86. The number of anilines is 1. The van der Waals surface area contributed by atoms with E-state index in [1.807, 2.05) is 12.1 Å². The highest BCUT2D eigenvalue weighted by atomic mass is 19.1. The Morgan fingerprint density at radius 1 is 0.953 bits per heavy atom. The quantitative estimate of drug-likeness (QED) is 0.242. The molecule has 1 aliphatic heterocycles. The summed E-state index contributed by atoms with van der Waals surface area (Å²) in [5.74, 6) is 0.242. The predicted molar refractivity (Wildman–Crippen MR) is 167 cm³/mol. The van der Waals surface area contributed by atoms with Gasteiger partial charge in [-0.15, -0.1) is 0 Å². The summed E-state index contributed by atoms with van der Waals surface area (Å²) in [4.78, 5) is 17.6. The molecule has 3 aromatic heterocycles. The average Bonchev–Trinajstić information content (AvgIpc) is 3.63. The smallest absolute Gasteiger partial charge is 0.164 e. The summed E-state index contributed by atoms with van der Waals surface area (Å²) < 4.78 is 16.4. The minimum Gasteiger partial charge on any atom is -0.396 e. The molecular formula is C33H39FN8O. The lowest BCUT2D eigenvalue weighted by Crippen LogP contribution is -2.51. The molecule has 2 aliphatic rings. The number of rotatable bonds is 8. The number of aromatic amines is 1. The third-order valence-electron chi connectivity index (χ3n) is 9.38. The van der Waals surface area contributed by atoms with Gasteiger partial charge in [-0.2, -0.15) is 5.10 Å². The zero-order chi connectivity index (χ0) is 29.3. The van der Waals surface area contributed by atoms with Crippen molar-refractivity contribution in [2.75, 3.05) is 45.1 Å². The number of hydrogen-bond donors (Lipinski definition) is 3. The summed E-state index contributed by atoms with van der Waals surface area (Å²) in [7, 11) is 0. The molecule has 9 nitrogen and oxygen atoms in total. The number of aliphatic hydroxyl groups excluding tert-OH is 1. The van der Waals surface area contributed by atoms with Crippen LogP contribution in [0, 0.1) is 5.82 Å². The molecule has 5 aromatic rings. The highest BCUT2D eigenvalue weighted by Gasteiger charge is 2.31. The summed E-state index contributed by atoms with van der Waals surface area (Å²) in [6.07, 6.45) is 7.25. The highest BCUT2D eigenvalue weighted by molar-refractivity contribution is 6.00. The molecule has 224 valence electrons. The fraction of sp³-hybridized carbons (Fsp3) is 0.424. The van der Waals surface area contributed by atoms with Crippen LogP contribution in [0.3, 0.4) is 0 Å². The third-order valence-corrected chi connectivity index (χ3v) is 9.38. The van der Waals surface area contributed by atoms with Crippen molar-refractivity contribution in [3.8, 4) is 11.3 Å². The van der Waals surface area contributed by atoms with Crippen molar-refractivity contribution in [1.82, 2.24) is 34.5 Å². The number of nitrogens with two attached hydrogens (primary N) is 1. The molecule has 10 heteroatoms. The van der Waals surface area contributed by atoms with E-state index >= 15 is 0 Å². The number of aliphatic hydroxyl groups is 1. The molecule has 0 bridgehead atoms. The van der Waals surface area contributed by atoms with Crippen LogP contribution in [-0.2, 0) is 6.42 Å². The van der Waals surface area contributed by atoms with Crippen molar-refractivity contribution in [1.29, 1.82) is 0 Å². The number of nitrogens with zero attached hydrogens (tertiary/aromatic N) is 6. The van der Waals surface area contributed by atoms with E-state index in [2.05, 4.69) is 53.7 Å². The second kappa shape index (κ2) is 12.0. The van der Waals surface area contributed by atoms with E-state index in [9.17, 15) is 4.39 Å². The van der Waals surface area contributed by atoms with Crippen LogP contribution in [-0.4, -0.2) is 85.0 Å². The molecule has 4 heterocycles. The topological polar surface area (TPSA) is 112 Å². The molecule has 0 spiro atoms. The van der Waals surface area contributed by atoms with Crippen LogP contribution >= 0.6 is 0 Å². The first-order valence-electron chi connectivity index (χ1n) is 15.5. The monoisotopic (exact) mass is 582 g/mol. The zero-order valence-electron chi connectivity index (χ0n) is 24.4. The maximum absolute atomic E-state index is 14.3. The Balaban J connectivity index is 1.11. The van der Waals surface area contributed by atoms with Gasteiger partial charge in [-0.3, -0.25) is 4.90 Å². The van der Waals surface area contributed by atoms with E-state index in [1.54, 1.807) is 6.07 Å². The van der Waals surface area contributed by atoms with Crippen LogP contribution in [0.1, 0.15) is 49.4 Å². The summed E-state index contributed by atoms with van der Waals surface area (Å²) in [5.41, 5.74) is 11.6. The third kappa shape index (κ3) is 5.62. The predicted octanol–water partition coefficient (Wildman–Crippen LogP) is 4.77. The molecule has 2 fully saturated rings.